The second-order valence-corrected chi connectivity index (χ2v) is 5.08. The van der Waals surface area contributed by atoms with E-state index in [2.05, 4.69) is 15.0 Å². The number of carbonyl (C=O) groups is 1. The molecule has 7 heteroatoms. The van der Waals surface area contributed by atoms with Gasteiger partial charge in [-0.1, -0.05) is 0 Å². The van der Waals surface area contributed by atoms with Crippen LogP contribution in [0.25, 0.3) is 0 Å². The zero-order chi connectivity index (χ0) is 15.5. The minimum atomic E-state index is -0.161. The summed E-state index contributed by atoms with van der Waals surface area (Å²) in [4.78, 5) is 25.7. The van der Waals surface area contributed by atoms with E-state index in [1.165, 1.54) is 12.3 Å². The maximum absolute atomic E-state index is 12.8. The molecule has 0 aromatic carbocycles. The molecule has 0 spiro atoms. The number of methoxy groups -OCH3 is 1. The highest BCUT2D eigenvalue weighted by molar-refractivity contribution is 5.94. The molecule has 1 aliphatic heterocycles. The third-order valence-electron chi connectivity index (χ3n) is 3.81. The molecular formula is C15H15N5O2. The topological polar surface area (TPSA) is 94.9 Å². The molecule has 1 saturated heterocycles. The first kappa shape index (κ1) is 14.2. The summed E-state index contributed by atoms with van der Waals surface area (Å²) < 4.78 is 5.40. The minimum Gasteiger partial charge on any atom is -0.380 e. The number of pyridine rings is 1. The summed E-state index contributed by atoms with van der Waals surface area (Å²) in [5.74, 6) is 0.585. The Hall–Kier alpha value is -2.72. The molecule has 0 aliphatic carbocycles. The fourth-order valence-corrected chi connectivity index (χ4v) is 2.70. The standard InChI is InChI=1S/C15H15N5O2/c1-22-12-7-13(14-18-4-5-19-14)20(9-12)15(21)10-2-3-17-11(6-10)8-16/h2-6,12-13H,7,9H2,1H3,(H,18,19)/t12-,13+/m1/s1. The summed E-state index contributed by atoms with van der Waals surface area (Å²) in [6.07, 6.45) is 5.52. The Balaban J connectivity index is 1.90. The number of rotatable bonds is 3. The van der Waals surface area contributed by atoms with E-state index in [-0.39, 0.29) is 23.7 Å². The highest BCUT2D eigenvalue weighted by Gasteiger charge is 2.38. The van der Waals surface area contributed by atoms with Gasteiger partial charge in [-0.3, -0.25) is 4.79 Å². The van der Waals surface area contributed by atoms with Gasteiger partial charge in [0.05, 0.1) is 12.1 Å². The number of imidazole rings is 1. The number of nitrogens with one attached hydrogen (secondary N) is 1. The molecule has 1 amide bonds. The van der Waals surface area contributed by atoms with Crippen molar-refractivity contribution in [1.29, 1.82) is 5.26 Å². The van der Waals surface area contributed by atoms with E-state index in [1.54, 1.807) is 30.5 Å². The van der Waals surface area contributed by atoms with Crippen LogP contribution in [0.1, 0.15) is 34.3 Å². The van der Waals surface area contributed by atoms with Crippen LogP contribution in [0, 0.1) is 11.3 Å². The van der Waals surface area contributed by atoms with E-state index in [0.29, 0.717) is 18.5 Å². The second kappa shape index (κ2) is 5.95. The van der Waals surface area contributed by atoms with E-state index in [0.717, 1.165) is 5.82 Å². The van der Waals surface area contributed by atoms with Crippen LogP contribution in [0.4, 0.5) is 0 Å². The number of nitriles is 1. The molecule has 2 aromatic heterocycles. The lowest BCUT2D eigenvalue weighted by Crippen LogP contribution is -2.32. The molecule has 2 aromatic rings. The Morgan fingerprint density at radius 3 is 3.05 bits per heavy atom. The lowest BCUT2D eigenvalue weighted by molar-refractivity contribution is 0.0684. The van der Waals surface area contributed by atoms with Crippen molar-refractivity contribution in [2.24, 2.45) is 0 Å². The molecule has 0 unspecified atom stereocenters. The number of aromatic nitrogens is 3. The third kappa shape index (κ3) is 2.56. The maximum atomic E-state index is 12.8. The van der Waals surface area contributed by atoms with Gasteiger partial charge in [0.2, 0.25) is 0 Å². The Bertz CT molecular complexity index is 707. The number of aromatic amines is 1. The van der Waals surface area contributed by atoms with Gasteiger partial charge in [0, 0.05) is 44.2 Å². The molecule has 0 saturated carbocycles. The molecular weight excluding hydrogens is 282 g/mol. The number of carbonyl (C=O) groups excluding carboxylic acids is 1. The van der Waals surface area contributed by atoms with Gasteiger partial charge in [-0.05, 0) is 12.1 Å². The van der Waals surface area contributed by atoms with Crippen molar-refractivity contribution in [3.8, 4) is 6.07 Å². The smallest absolute Gasteiger partial charge is 0.254 e. The first-order valence-corrected chi connectivity index (χ1v) is 6.92. The van der Waals surface area contributed by atoms with Crippen molar-refractivity contribution < 1.29 is 9.53 Å². The number of hydrogen-bond acceptors (Lipinski definition) is 5. The molecule has 3 rings (SSSR count). The summed E-state index contributed by atoms with van der Waals surface area (Å²) in [5.41, 5.74) is 0.669. The average Bonchev–Trinajstić information content (AvgIpc) is 3.23. The Morgan fingerprint density at radius 1 is 1.50 bits per heavy atom. The number of ether oxygens (including phenoxy) is 1. The number of likely N-dealkylation sites (tertiary alicyclic amines) is 1. The fraction of sp³-hybridized carbons (Fsp3) is 0.333. The predicted octanol–water partition coefficient (Wildman–Crippen LogP) is 1.28. The van der Waals surface area contributed by atoms with Gasteiger partial charge in [0.25, 0.3) is 5.91 Å². The highest BCUT2D eigenvalue weighted by Crippen LogP contribution is 2.32. The van der Waals surface area contributed by atoms with Crippen LogP contribution in [0.5, 0.6) is 0 Å². The number of H-pyrrole nitrogens is 1. The maximum Gasteiger partial charge on any atom is 0.254 e. The first-order valence-electron chi connectivity index (χ1n) is 6.92. The molecule has 3 heterocycles. The molecule has 0 bridgehead atoms. The third-order valence-corrected chi connectivity index (χ3v) is 3.81. The minimum absolute atomic E-state index is 0.0312. The van der Waals surface area contributed by atoms with Gasteiger partial charge in [-0.2, -0.15) is 5.26 Å². The summed E-state index contributed by atoms with van der Waals surface area (Å²) >= 11 is 0. The van der Waals surface area contributed by atoms with E-state index >= 15 is 0 Å². The second-order valence-electron chi connectivity index (χ2n) is 5.08. The Labute approximate surface area is 127 Å². The van der Waals surface area contributed by atoms with E-state index in [1.807, 2.05) is 6.07 Å². The summed E-state index contributed by atoms with van der Waals surface area (Å²) in [6.45, 7) is 0.491. The zero-order valence-electron chi connectivity index (χ0n) is 12.1. The summed E-state index contributed by atoms with van der Waals surface area (Å²) in [7, 11) is 1.64. The lowest BCUT2D eigenvalue weighted by atomic mass is 10.1. The molecule has 1 N–H and O–H groups in total. The van der Waals surface area contributed by atoms with E-state index in [9.17, 15) is 4.79 Å². The van der Waals surface area contributed by atoms with Crippen LogP contribution in [-0.4, -0.2) is 45.5 Å². The van der Waals surface area contributed by atoms with Gasteiger partial charge in [0.1, 0.15) is 17.6 Å². The van der Waals surface area contributed by atoms with Crippen molar-refractivity contribution in [2.75, 3.05) is 13.7 Å². The molecule has 1 fully saturated rings. The Morgan fingerprint density at radius 2 is 2.36 bits per heavy atom. The van der Waals surface area contributed by atoms with Crippen LogP contribution in [0.3, 0.4) is 0 Å². The molecule has 2 atom stereocenters. The molecule has 7 nitrogen and oxygen atoms in total. The van der Waals surface area contributed by atoms with Crippen LogP contribution >= 0.6 is 0 Å². The average molecular weight is 297 g/mol. The van der Waals surface area contributed by atoms with E-state index < -0.39 is 0 Å². The first-order chi connectivity index (χ1) is 10.7. The van der Waals surface area contributed by atoms with E-state index in [4.69, 9.17) is 10.00 Å². The molecule has 22 heavy (non-hydrogen) atoms. The number of nitrogens with zero attached hydrogens (tertiary/aromatic N) is 4. The fourth-order valence-electron chi connectivity index (χ4n) is 2.70. The Kier molecular flexibility index (Phi) is 3.85. The van der Waals surface area contributed by atoms with Crippen molar-refractivity contribution in [1.82, 2.24) is 19.9 Å². The SMILES string of the molecule is CO[C@@H]1C[C@@H](c2ncc[nH]2)N(C(=O)c2ccnc(C#N)c2)C1. The van der Waals surface area contributed by atoms with Crippen LogP contribution in [0.2, 0.25) is 0 Å². The van der Waals surface area contributed by atoms with Crippen LogP contribution in [0.15, 0.2) is 30.7 Å². The molecule has 1 aliphatic rings. The van der Waals surface area contributed by atoms with Gasteiger partial charge >= 0.3 is 0 Å². The van der Waals surface area contributed by atoms with Crippen molar-refractivity contribution in [3.63, 3.8) is 0 Å². The number of hydrogen-bond donors (Lipinski definition) is 1. The van der Waals surface area contributed by atoms with Crippen molar-refractivity contribution >= 4 is 5.91 Å². The molecule has 112 valence electrons. The van der Waals surface area contributed by atoms with Crippen molar-refractivity contribution in [2.45, 2.75) is 18.6 Å². The van der Waals surface area contributed by atoms with Gasteiger partial charge < -0.3 is 14.6 Å². The van der Waals surface area contributed by atoms with Gasteiger partial charge in [-0.15, -0.1) is 0 Å². The zero-order valence-corrected chi connectivity index (χ0v) is 12.1. The van der Waals surface area contributed by atoms with Crippen LogP contribution in [-0.2, 0) is 4.74 Å². The highest BCUT2D eigenvalue weighted by atomic mass is 16.5. The number of amides is 1. The lowest BCUT2D eigenvalue weighted by Gasteiger charge is -2.23. The quantitative estimate of drug-likeness (QED) is 0.920. The summed E-state index contributed by atoms with van der Waals surface area (Å²) in [5, 5.41) is 8.92. The van der Waals surface area contributed by atoms with Gasteiger partial charge in [0.15, 0.2) is 0 Å². The largest absolute Gasteiger partial charge is 0.380 e. The summed E-state index contributed by atoms with van der Waals surface area (Å²) in [6, 6.07) is 4.90. The molecule has 0 radical (unpaired) electrons. The van der Waals surface area contributed by atoms with Gasteiger partial charge in [-0.25, -0.2) is 9.97 Å². The predicted molar refractivity (Wildman–Crippen MR) is 76.7 cm³/mol. The van der Waals surface area contributed by atoms with Crippen LogP contribution < -0.4 is 0 Å². The monoisotopic (exact) mass is 297 g/mol. The van der Waals surface area contributed by atoms with Crippen molar-refractivity contribution in [3.05, 3.63) is 47.8 Å². The normalized spacial score (nSPS) is 20.8.